The first kappa shape index (κ1) is 21.7. The molecule has 1 aromatic rings. The molecule has 152 valence electrons. The maximum Gasteiger partial charge on any atom is 0.190 e. The van der Waals surface area contributed by atoms with Crippen LogP contribution in [0.2, 0.25) is 0 Å². The third-order valence-electron chi connectivity index (χ3n) is 5.47. The summed E-state index contributed by atoms with van der Waals surface area (Å²) in [6, 6.07) is 10.3. The summed E-state index contributed by atoms with van der Waals surface area (Å²) in [7, 11) is 3.63. The summed E-state index contributed by atoms with van der Waals surface area (Å²) in [6.45, 7) is 4.23. The van der Waals surface area contributed by atoms with E-state index in [-0.39, 0.29) is 0 Å². The molecule has 0 bridgehead atoms. The molecule has 2 N–H and O–H groups in total. The number of unbranched alkanes of at least 4 members (excludes halogenated alkanes) is 1. The normalized spacial score (nSPS) is 16.4. The largest absolute Gasteiger partial charge is 0.385 e. The minimum Gasteiger partial charge on any atom is -0.385 e. The van der Waals surface area contributed by atoms with E-state index in [9.17, 15) is 0 Å². The molecule has 1 aromatic carbocycles. The van der Waals surface area contributed by atoms with Gasteiger partial charge in [0.05, 0.1) is 6.61 Å². The van der Waals surface area contributed by atoms with Gasteiger partial charge in [-0.15, -0.1) is 0 Å². The average Bonchev–Trinajstić information content (AvgIpc) is 3.18. The number of hydrogen-bond donors (Lipinski definition) is 2. The van der Waals surface area contributed by atoms with Gasteiger partial charge in [0.25, 0.3) is 0 Å². The molecule has 0 spiro atoms. The van der Waals surface area contributed by atoms with Crippen molar-refractivity contribution in [3.05, 3.63) is 35.9 Å². The first-order valence-corrected chi connectivity index (χ1v) is 10.3. The molecule has 0 aliphatic heterocycles. The molecule has 0 unspecified atom stereocenters. The second-order valence-corrected chi connectivity index (χ2v) is 7.55. The third kappa shape index (κ3) is 8.31. The highest BCUT2D eigenvalue weighted by Crippen LogP contribution is 2.40. The molecule has 1 saturated carbocycles. The van der Waals surface area contributed by atoms with Gasteiger partial charge in [0.2, 0.25) is 0 Å². The monoisotopic (exact) mass is 375 g/mol. The number of rotatable bonds is 12. The second kappa shape index (κ2) is 12.7. The highest BCUT2D eigenvalue weighted by atomic mass is 16.5. The first-order valence-electron chi connectivity index (χ1n) is 10.3. The molecule has 0 atom stereocenters. The van der Waals surface area contributed by atoms with Crippen LogP contribution in [0.15, 0.2) is 35.3 Å². The maximum absolute atomic E-state index is 5.73. The summed E-state index contributed by atoms with van der Waals surface area (Å²) in [4.78, 5) is 4.37. The minimum atomic E-state index is 0.374. The molecule has 5 nitrogen and oxygen atoms in total. The van der Waals surface area contributed by atoms with Gasteiger partial charge in [-0.2, -0.15) is 0 Å². The Balaban J connectivity index is 1.56. The number of guanidine groups is 1. The van der Waals surface area contributed by atoms with Crippen LogP contribution < -0.4 is 10.6 Å². The van der Waals surface area contributed by atoms with Crippen molar-refractivity contribution < 1.29 is 9.47 Å². The van der Waals surface area contributed by atoms with E-state index in [1.54, 1.807) is 7.11 Å². The molecule has 2 rings (SSSR count). The fourth-order valence-corrected chi connectivity index (χ4v) is 3.75. The average molecular weight is 376 g/mol. The van der Waals surface area contributed by atoms with Gasteiger partial charge in [0, 0.05) is 40.5 Å². The lowest BCUT2D eigenvalue weighted by Crippen LogP contribution is -2.43. The summed E-state index contributed by atoms with van der Waals surface area (Å²) >= 11 is 0. The Morgan fingerprint density at radius 1 is 1.07 bits per heavy atom. The fraction of sp³-hybridized carbons (Fsp3) is 0.682. The SMILES string of the molecule is CN=C(NCCCCOCc1ccccc1)NCC1(CCOC)CCCC1. The van der Waals surface area contributed by atoms with E-state index in [2.05, 4.69) is 27.8 Å². The predicted molar refractivity (Wildman–Crippen MR) is 112 cm³/mol. The van der Waals surface area contributed by atoms with Gasteiger partial charge in [-0.05, 0) is 43.1 Å². The molecular weight excluding hydrogens is 338 g/mol. The van der Waals surface area contributed by atoms with Gasteiger partial charge in [-0.1, -0.05) is 43.2 Å². The van der Waals surface area contributed by atoms with Crippen LogP contribution in [0.5, 0.6) is 0 Å². The first-order chi connectivity index (χ1) is 13.3. The molecule has 1 aliphatic rings. The molecule has 1 fully saturated rings. The number of aliphatic imine (C=N–C) groups is 1. The predicted octanol–water partition coefficient (Wildman–Crippen LogP) is 3.75. The van der Waals surface area contributed by atoms with E-state index in [4.69, 9.17) is 9.47 Å². The van der Waals surface area contributed by atoms with Gasteiger partial charge < -0.3 is 20.1 Å². The summed E-state index contributed by atoms with van der Waals surface area (Å²) in [5.41, 5.74) is 1.60. The van der Waals surface area contributed by atoms with Crippen LogP contribution >= 0.6 is 0 Å². The number of nitrogens with one attached hydrogen (secondary N) is 2. The van der Waals surface area contributed by atoms with E-state index in [1.807, 2.05) is 25.2 Å². The number of benzene rings is 1. The molecule has 0 heterocycles. The lowest BCUT2D eigenvalue weighted by Gasteiger charge is -2.30. The molecule has 0 radical (unpaired) electrons. The van der Waals surface area contributed by atoms with Crippen molar-refractivity contribution in [2.75, 3.05) is 40.5 Å². The number of ether oxygens (including phenoxy) is 2. The van der Waals surface area contributed by atoms with Gasteiger partial charge in [-0.25, -0.2) is 0 Å². The van der Waals surface area contributed by atoms with Crippen molar-refractivity contribution in [2.24, 2.45) is 10.4 Å². The van der Waals surface area contributed by atoms with E-state index in [0.29, 0.717) is 12.0 Å². The van der Waals surface area contributed by atoms with Crippen molar-refractivity contribution in [1.29, 1.82) is 0 Å². The zero-order valence-electron chi connectivity index (χ0n) is 17.1. The van der Waals surface area contributed by atoms with E-state index >= 15 is 0 Å². The van der Waals surface area contributed by atoms with Crippen molar-refractivity contribution in [2.45, 2.75) is 51.6 Å². The van der Waals surface area contributed by atoms with Gasteiger partial charge in [0.15, 0.2) is 5.96 Å². The molecular formula is C22H37N3O2. The van der Waals surface area contributed by atoms with Crippen LogP contribution in [-0.4, -0.2) is 46.4 Å². The summed E-state index contributed by atoms with van der Waals surface area (Å²) in [5.74, 6) is 0.906. The van der Waals surface area contributed by atoms with Crippen LogP contribution in [-0.2, 0) is 16.1 Å². The number of hydrogen-bond acceptors (Lipinski definition) is 3. The molecule has 0 amide bonds. The Kier molecular flexibility index (Phi) is 10.2. The Labute approximate surface area is 164 Å². The molecule has 0 saturated heterocycles. The Morgan fingerprint density at radius 3 is 2.56 bits per heavy atom. The third-order valence-corrected chi connectivity index (χ3v) is 5.47. The standard InChI is InChI=1S/C22H37N3O2/c1-23-21(25-19-22(14-17-26-2)12-6-7-13-22)24-15-8-9-16-27-18-20-10-4-3-5-11-20/h3-5,10-11H,6-9,12-19H2,1-2H3,(H2,23,24,25). The van der Waals surface area contributed by atoms with Crippen molar-refractivity contribution >= 4 is 5.96 Å². The number of nitrogens with zero attached hydrogens (tertiary/aromatic N) is 1. The molecule has 0 aromatic heterocycles. The lowest BCUT2D eigenvalue weighted by molar-refractivity contribution is 0.117. The van der Waals surface area contributed by atoms with Gasteiger partial charge in [-0.3, -0.25) is 4.99 Å². The summed E-state index contributed by atoms with van der Waals surface area (Å²) in [5, 5.41) is 6.96. The Morgan fingerprint density at radius 2 is 1.85 bits per heavy atom. The van der Waals surface area contributed by atoms with Crippen molar-refractivity contribution in [3.63, 3.8) is 0 Å². The van der Waals surface area contributed by atoms with Gasteiger partial charge in [0.1, 0.15) is 0 Å². The van der Waals surface area contributed by atoms with Crippen molar-refractivity contribution in [1.82, 2.24) is 10.6 Å². The van der Waals surface area contributed by atoms with Gasteiger partial charge >= 0.3 is 0 Å². The van der Waals surface area contributed by atoms with Crippen LogP contribution in [0.4, 0.5) is 0 Å². The van der Waals surface area contributed by atoms with E-state index < -0.39 is 0 Å². The zero-order chi connectivity index (χ0) is 19.2. The maximum atomic E-state index is 5.73. The summed E-state index contributed by atoms with van der Waals surface area (Å²) < 4.78 is 11.0. The molecule has 5 heteroatoms. The topological polar surface area (TPSA) is 54.9 Å². The van der Waals surface area contributed by atoms with Crippen molar-refractivity contribution in [3.8, 4) is 0 Å². The van der Waals surface area contributed by atoms with E-state index in [0.717, 1.165) is 51.5 Å². The van der Waals surface area contributed by atoms with Crippen LogP contribution in [0.1, 0.15) is 50.5 Å². The summed E-state index contributed by atoms with van der Waals surface area (Å²) in [6.07, 6.45) is 8.50. The minimum absolute atomic E-state index is 0.374. The second-order valence-electron chi connectivity index (χ2n) is 7.55. The number of methoxy groups -OCH3 is 1. The lowest BCUT2D eigenvalue weighted by atomic mass is 9.83. The molecule has 1 aliphatic carbocycles. The zero-order valence-corrected chi connectivity index (χ0v) is 17.1. The smallest absolute Gasteiger partial charge is 0.190 e. The molecule has 27 heavy (non-hydrogen) atoms. The van der Waals surface area contributed by atoms with E-state index in [1.165, 1.54) is 31.2 Å². The van der Waals surface area contributed by atoms with Crippen LogP contribution in [0, 0.1) is 5.41 Å². The highest BCUT2D eigenvalue weighted by molar-refractivity contribution is 5.79. The quantitative estimate of drug-likeness (QED) is 0.332. The van der Waals surface area contributed by atoms with Crippen LogP contribution in [0.3, 0.4) is 0 Å². The fourth-order valence-electron chi connectivity index (χ4n) is 3.75. The Hall–Kier alpha value is -1.59. The highest BCUT2D eigenvalue weighted by Gasteiger charge is 2.33. The Bertz CT molecular complexity index is 528. The van der Waals surface area contributed by atoms with Crippen LogP contribution in [0.25, 0.3) is 0 Å².